The second-order valence-electron chi connectivity index (χ2n) is 4.48. The lowest BCUT2D eigenvalue weighted by Gasteiger charge is -2.37. The molecule has 1 fully saturated rings. The largest absolute Gasteiger partial charge is 0.394 e. The van der Waals surface area contributed by atoms with E-state index < -0.39 is 37.3 Å². The summed E-state index contributed by atoms with van der Waals surface area (Å²) < 4.78 is 10.8. The molecule has 6 nitrogen and oxygen atoms in total. The number of rotatable bonds is 4. The molecule has 1 aromatic rings. The number of aliphatic hydroxyl groups is 4. The third-order valence-electron chi connectivity index (χ3n) is 3.07. The van der Waals surface area contributed by atoms with Gasteiger partial charge in [-0.3, -0.25) is 0 Å². The van der Waals surface area contributed by atoms with Gasteiger partial charge >= 0.3 is 0 Å². The van der Waals surface area contributed by atoms with Crippen molar-refractivity contribution in [2.24, 2.45) is 0 Å². The van der Waals surface area contributed by atoms with E-state index in [1.165, 1.54) is 0 Å². The van der Waals surface area contributed by atoms with Crippen LogP contribution in [0.4, 0.5) is 0 Å². The Labute approximate surface area is 110 Å². The predicted octanol–water partition coefficient (Wildman–Crippen LogP) is -0.824. The van der Waals surface area contributed by atoms with Gasteiger partial charge in [0.2, 0.25) is 0 Å². The van der Waals surface area contributed by atoms with Gasteiger partial charge in [-0.2, -0.15) is 0 Å². The van der Waals surface area contributed by atoms with E-state index in [2.05, 4.69) is 0 Å². The van der Waals surface area contributed by atoms with Gasteiger partial charge in [0, 0.05) is 5.56 Å². The van der Waals surface area contributed by atoms with Crippen molar-refractivity contribution in [2.75, 3.05) is 13.2 Å². The van der Waals surface area contributed by atoms with Crippen molar-refractivity contribution in [3.8, 4) is 0 Å². The van der Waals surface area contributed by atoms with Gasteiger partial charge in [-0.05, 0) is 0 Å². The van der Waals surface area contributed by atoms with Gasteiger partial charge < -0.3 is 29.9 Å². The van der Waals surface area contributed by atoms with Crippen LogP contribution in [0.25, 0.3) is 0 Å². The van der Waals surface area contributed by atoms with Crippen molar-refractivity contribution < 1.29 is 29.9 Å². The molecule has 1 aromatic carbocycles. The minimum Gasteiger partial charge on any atom is -0.394 e. The van der Waals surface area contributed by atoms with Crippen molar-refractivity contribution in [1.29, 1.82) is 0 Å². The smallest absolute Gasteiger partial charge is 0.184 e. The first kappa shape index (κ1) is 14.4. The molecular weight excluding hydrogens is 252 g/mol. The van der Waals surface area contributed by atoms with Gasteiger partial charge in [-0.15, -0.1) is 0 Å². The van der Waals surface area contributed by atoms with E-state index in [0.29, 0.717) is 0 Å². The third-order valence-corrected chi connectivity index (χ3v) is 3.07. The van der Waals surface area contributed by atoms with Crippen LogP contribution in [0.3, 0.4) is 0 Å². The highest BCUT2D eigenvalue weighted by Crippen LogP contribution is 2.28. The Morgan fingerprint density at radius 3 is 2.53 bits per heavy atom. The summed E-state index contributed by atoms with van der Waals surface area (Å²) in [6.45, 7) is -0.621. The number of hydrogen-bond donors (Lipinski definition) is 4. The summed E-state index contributed by atoms with van der Waals surface area (Å²) in [5, 5.41) is 37.8. The molecule has 106 valence electrons. The third kappa shape index (κ3) is 3.30. The minimum absolute atomic E-state index is 0.0144. The molecule has 0 spiro atoms. The van der Waals surface area contributed by atoms with Gasteiger partial charge in [0.1, 0.15) is 24.4 Å². The lowest BCUT2D eigenvalue weighted by Crippen LogP contribution is -2.52. The fraction of sp³-hybridized carbons (Fsp3) is 0.538. The molecule has 0 amide bonds. The standard InChI is InChI=1S/C13H18O6/c14-6-9(15)11(17)12-10(16)7-18-13(19-12)8-4-2-1-3-5-8/h1-5,9-17H,6-7H2. The average molecular weight is 270 g/mol. The molecule has 1 heterocycles. The minimum atomic E-state index is -1.38. The highest BCUT2D eigenvalue weighted by atomic mass is 16.7. The maximum atomic E-state index is 9.83. The Balaban J connectivity index is 2.08. The SMILES string of the molecule is OCC(O)C(O)C1OC(c2ccccc2)OCC1O. The average Bonchev–Trinajstić information content (AvgIpc) is 2.47. The summed E-state index contributed by atoms with van der Waals surface area (Å²) in [6, 6.07) is 9.09. The zero-order valence-corrected chi connectivity index (χ0v) is 10.3. The molecule has 2 rings (SSSR count). The van der Waals surface area contributed by atoms with Gasteiger partial charge in [0.15, 0.2) is 6.29 Å². The first-order valence-corrected chi connectivity index (χ1v) is 6.10. The number of benzene rings is 1. The van der Waals surface area contributed by atoms with E-state index in [0.717, 1.165) is 5.56 Å². The van der Waals surface area contributed by atoms with Crippen LogP contribution in [0.5, 0.6) is 0 Å². The fourth-order valence-electron chi connectivity index (χ4n) is 1.97. The summed E-state index contributed by atoms with van der Waals surface area (Å²) in [5.41, 5.74) is 0.755. The Hall–Kier alpha value is -1.02. The van der Waals surface area contributed by atoms with Gasteiger partial charge in [-0.25, -0.2) is 0 Å². The highest BCUT2D eigenvalue weighted by molar-refractivity contribution is 5.16. The second-order valence-corrected chi connectivity index (χ2v) is 4.48. The van der Waals surface area contributed by atoms with Gasteiger partial charge in [-0.1, -0.05) is 30.3 Å². The van der Waals surface area contributed by atoms with Crippen LogP contribution < -0.4 is 0 Å². The molecule has 0 saturated carbocycles. The van der Waals surface area contributed by atoms with Gasteiger partial charge in [0.05, 0.1) is 13.2 Å². The van der Waals surface area contributed by atoms with Crippen LogP contribution in [0.15, 0.2) is 30.3 Å². The molecule has 6 heteroatoms. The van der Waals surface area contributed by atoms with Gasteiger partial charge in [0.25, 0.3) is 0 Å². The molecule has 1 aliphatic rings. The van der Waals surface area contributed by atoms with Crippen LogP contribution in [0.2, 0.25) is 0 Å². The summed E-state index contributed by atoms with van der Waals surface area (Å²) in [4.78, 5) is 0. The summed E-state index contributed by atoms with van der Waals surface area (Å²) >= 11 is 0. The zero-order chi connectivity index (χ0) is 13.8. The van der Waals surface area contributed by atoms with E-state index in [-0.39, 0.29) is 6.61 Å². The van der Waals surface area contributed by atoms with Crippen LogP contribution in [0.1, 0.15) is 11.9 Å². The number of aliphatic hydroxyl groups excluding tert-OH is 4. The van der Waals surface area contributed by atoms with E-state index in [9.17, 15) is 15.3 Å². The predicted molar refractivity (Wildman–Crippen MR) is 65.1 cm³/mol. The lowest BCUT2D eigenvalue weighted by atomic mass is 10.0. The second kappa shape index (κ2) is 6.42. The van der Waals surface area contributed by atoms with Crippen LogP contribution in [-0.4, -0.2) is 58.1 Å². The molecule has 5 atom stereocenters. The monoisotopic (exact) mass is 270 g/mol. The van der Waals surface area contributed by atoms with E-state index in [4.69, 9.17) is 14.6 Å². The Morgan fingerprint density at radius 2 is 1.89 bits per heavy atom. The zero-order valence-electron chi connectivity index (χ0n) is 10.3. The van der Waals surface area contributed by atoms with Crippen LogP contribution >= 0.6 is 0 Å². The Bertz CT molecular complexity index is 384. The maximum Gasteiger partial charge on any atom is 0.184 e. The van der Waals surface area contributed by atoms with Crippen molar-refractivity contribution in [3.05, 3.63) is 35.9 Å². The molecule has 0 bridgehead atoms. The van der Waals surface area contributed by atoms with Crippen LogP contribution in [0, 0.1) is 0 Å². The summed E-state index contributed by atoms with van der Waals surface area (Å²) in [5.74, 6) is 0. The Kier molecular flexibility index (Phi) is 4.87. The topological polar surface area (TPSA) is 99.4 Å². The lowest BCUT2D eigenvalue weighted by molar-refractivity contribution is -0.284. The molecule has 0 aliphatic carbocycles. The quantitative estimate of drug-likeness (QED) is 0.570. The van der Waals surface area contributed by atoms with Crippen molar-refractivity contribution in [2.45, 2.75) is 30.7 Å². The van der Waals surface area contributed by atoms with Crippen molar-refractivity contribution in [3.63, 3.8) is 0 Å². The van der Waals surface area contributed by atoms with Crippen molar-refractivity contribution >= 4 is 0 Å². The molecule has 0 radical (unpaired) electrons. The molecule has 0 aromatic heterocycles. The van der Waals surface area contributed by atoms with Crippen molar-refractivity contribution in [1.82, 2.24) is 0 Å². The van der Waals surface area contributed by atoms with Crippen LogP contribution in [-0.2, 0) is 9.47 Å². The molecule has 19 heavy (non-hydrogen) atoms. The molecule has 5 unspecified atom stereocenters. The molecule has 1 saturated heterocycles. The molecule has 1 aliphatic heterocycles. The normalized spacial score (nSPS) is 30.8. The van der Waals surface area contributed by atoms with E-state index >= 15 is 0 Å². The highest BCUT2D eigenvalue weighted by Gasteiger charge is 2.39. The molecular formula is C13H18O6. The number of hydrogen-bond acceptors (Lipinski definition) is 6. The summed E-state index contributed by atoms with van der Waals surface area (Å²) in [7, 11) is 0. The number of ether oxygens (including phenoxy) is 2. The Morgan fingerprint density at radius 1 is 1.21 bits per heavy atom. The fourth-order valence-corrected chi connectivity index (χ4v) is 1.97. The van der Waals surface area contributed by atoms with E-state index in [1.54, 1.807) is 12.1 Å². The molecule has 4 N–H and O–H groups in total. The van der Waals surface area contributed by atoms with E-state index in [1.807, 2.05) is 18.2 Å². The summed E-state index contributed by atoms with van der Waals surface area (Å²) in [6.07, 6.45) is -5.53. The first-order chi connectivity index (χ1) is 9.13. The maximum absolute atomic E-state index is 9.83. The first-order valence-electron chi connectivity index (χ1n) is 6.10.